The fraction of sp³-hybridized carbons (Fsp3) is 0.333. The molecule has 24 heavy (non-hydrogen) atoms. The summed E-state index contributed by atoms with van der Waals surface area (Å²) in [7, 11) is 0. The molecule has 2 aromatic rings. The van der Waals surface area contributed by atoms with Gasteiger partial charge in [0.25, 0.3) is 0 Å². The van der Waals surface area contributed by atoms with Crippen LogP contribution in [-0.2, 0) is 10.5 Å². The Bertz CT molecular complexity index is 679. The fourth-order valence-corrected chi connectivity index (χ4v) is 2.87. The molecule has 0 spiro atoms. The van der Waals surface area contributed by atoms with E-state index < -0.39 is 6.36 Å². The van der Waals surface area contributed by atoms with E-state index in [1.165, 1.54) is 23.9 Å². The van der Waals surface area contributed by atoms with Crippen LogP contribution >= 0.6 is 11.8 Å². The Balaban J connectivity index is 1.80. The molecule has 1 heterocycles. The first-order chi connectivity index (χ1) is 11.2. The van der Waals surface area contributed by atoms with Crippen molar-refractivity contribution in [2.24, 2.45) is 0 Å². The molecule has 1 aromatic heterocycles. The summed E-state index contributed by atoms with van der Waals surface area (Å²) in [5.41, 5.74) is 2.15. The van der Waals surface area contributed by atoms with E-state index in [0.717, 1.165) is 29.2 Å². The second-order valence-corrected chi connectivity index (χ2v) is 5.90. The van der Waals surface area contributed by atoms with Crippen molar-refractivity contribution in [3.05, 3.63) is 41.3 Å². The quantitative estimate of drug-likeness (QED) is 0.842. The van der Waals surface area contributed by atoms with Gasteiger partial charge in [0.15, 0.2) is 0 Å². The number of hydrogen-bond donors (Lipinski definition) is 1. The van der Waals surface area contributed by atoms with E-state index >= 15 is 0 Å². The van der Waals surface area contributed by atoms with Crippen molar-refractivity contribution < 1.29 is 27.2 Å². The topological polar surface area (TPSA) is 64.4 Å². The van der Waals surface area contributed by atoms with Crippen LogP contribution in [0.15, 0.2) is 28.8 Å². The second kappa shape index (κ2) is 7.61. The Kier molecular flexibility index (Phi) is 5.76. The van der Waals surface area contributed by atoms with Gasteiger partial charge < -0.3 is 14.6 Å². The summed E-state index contributed by atoms with van der Waals surface area (Å²) in [5, 5.41) is 6.44. The molecule has 0 unspecified atom stereocenters. The summed E-state index contributed by atoms with van der Waals surface area (Å²) >= 11 is 1.39. The third-order valence-corrected chi connectivity index (χ3v) is 3.99. The summed E-state index contributed by atoms with van der Waals surface area (Å²) in [4.78, 5) is 11.8. The third-order valence-electron chi connectivity index (χ3n) is 3.03. The van der Waals surface area contributed by atoms with E-state index in [2.05, 4.69) is 15.2 Å². The molecule has 1 aromatic carbocycles. The number of carbonyl (C=O) groups is 1. The molecule has 5 nitrogen and oxygen atoms in total. The highest BCUT2D eigenvalue weighted by atomic mass is 32.2. The second-order valence-electron chi connectivity index (χ2n) is 4.92. The molecule has 0 bridgehead atoms. The number of benzene rings is 1. The summed E-state index contributed by atoms with van der Waals surface area (Å²) in [6, 6.07) is 4.97. The number of hydrogen-bond acceptors (Lipinski definition) is 5. The van der Waals surface area contributed by atoms with Crippen LogP contribution < -0.4 is 10.1 Å². The summed E-state index contributed by atoms with van der Waals surface area (Å²) in [5.74, 6) is 0.919. The third kappa shape index (κ3) is 5.48. The highest BCUT2D eigenvalue weighted by Gasteiger charge is 2.30. The number of nitrogens with one attached hydrogen (secondary N) is 1. The molecule has 0 saturated heterocycles. The van der Waals surface area contributed by atoms with Crippen molar-refractivity contribution >= 4 is 23.4 Å². The molecular weight excluding hydrogens is 345 g/mol. The van der Waals surface area contributed by atoms with Crippen molar-refractivity contribution in [3.63, 3.8) is 0 Å². The van der Waals surface area contributed by atoms with Crippen LogP contribution in [0.4, 0.5) is 18.9 Å². The molecule has 1 amide bonds. The normalized spacial score (nSPS) is 11.4. The van der Waals surface area contributed by atoms with Gasteiger partial charge in [0.2, 0.25) is 5.91 Å². The number of ether oxygens (including phenoxy) is 1. The summed E-state index contributed by atoms with van der Waals surface area (Å²) in [6.07, 6.45) is -4.74. The van der Waals surface area contributed by atoms with Gasteiger partial charge in [-0.3, -0.25) is 4.79 Å². The molecule has 0 radical (unpaired) electrons. The van der Waals surface area contributed by atoms with Crippen LogP contribution in [0.3, 0.4) is 0 Å². The minimum atomic E-state index is -4.74. The van der Waals surface area contributed by atoms with Gasteiger partial charge in [-0.25, -0.2) is 0 Å². The average Bonchev–Trinajstić information content (AvgIpc) is 2.79. The lowest BCUT2D eigenvalue weighted by atomic mass is 10.2. The lowest BCUT2D eigenvalue weighted by Gasteiger charge is -2.10. The van der Waals surface area contributed by atoms with E-state index in [9.17, 15) is 18.0 Å². The van der Waals surface area contributed by atoms with Gasteiger partial charge in [-0.05, 0) is 38.1 Å². The van der Waals surface area contributed by atoms with Crippen LogP contribution in [-0.4, -0.2) is 23.2 Å². The highest BCUT2D eigenvalue weighted by Crippen LogP contribution is 2.24. The maximum atomic E-state index is 12.1. The van der Waals surface area contributed by atoms with Crippen molar-refractivity contribution in [1.82, 2.24) is 5.16 Å². The molecule has 0 aliphatic heterocycles. The molecule has 0 aliphatic carbocycles. The van der Waals surface area contributed by atoms with E-state index in [-0.39, 0.29) is 17.4 Å². The highest BCUT2D eigenvalue weighted by molar-refractivity contribution is 7.99. The van der Waals surface area contributed by atoms with Gasteiger partial charge in [-0.15, -0.1) is 24.9 Å². The Morgan fingerprint density at radius 2 is 1.96 bits per heavy atom. The number of nitrogens with zero attached hydrogens (tertiary/aromatic N) is 1. The Hall–Kier alpha value is -2.16. The lowest BCUT2D eigenvalue weighted by molar-refractivity contribution is -0.274. The van der Waals surface area contributed by atoms with Crippen LogP contribution in [0.2, 0.25) is 0 Å². The number of anilines is 1. The maximum Gasteiger partial charge on any atom is 0.573 e. The first kappa shape index (κ1) is 18.2. The van der Waals surface area contributed by atoms with Gasteiger partial charge in [0.05, 0.1) is 11.4 Å². The van der Waals surface area contributed by atoms with Gasteiger partial charge in [0.1, 0.15) is 11.5 Å². The first-order valence-corrected chi connectivity index (χ1v) is 8.05. The molecule has 2 rings (SSSR count). The average molecular weight is 360 g/mol. The van der Waals surface area contributed by atoms with Crippen molar-refractivity contribution in [1.29, 1.82) is 0 Å². The SMILES string of the molecule is Cc1noc(C)c1CSCC(=O)Nc1ccc(OC(F)(F)F)cc1. The standard InChI is InChI=1S/C15H15F3N2O3S/c1-9-13(10(2)23-20-9)7-24-8-14(21)19-11-3-5-12(6-4-11)22-15(16,17)18/h3-6H,7-8H2,1-2H3,(H,19,21). The molecule has 1 N–H and O–H groups in total. The number of carbonyl (C=O) groups excluding carboxylic acids is 1. The number of alkyl halides is 3. The minimum Gasteiger partial charge on any atom is -0.406 e. The molecule has 0 fully saturated rings. The van der Waals surface area contributed by atoms with Gasteiger partial charge in [-0.2, -0.15) is 0 Å². The number of aryl methyl sites for hydroxylation is 2. The fourth-order valence-electron chi connectivity index (χ4n) is 1.89. The van der Waals surface area contributed by atoms with E-state index in [1.54, 1.807) is 6.92 Å². The number of aromatic nitrogens is 1. The number of halogens is 3. The zero-order valence-electron chi connectivity index (χ0n) is 12.9. The van der Waals surface area contributed by atoms with Crippen LogP contribution in [0.25, 0.3) is 0 Å². The smallest absolute Gasteiger partial charge is 0.406 e. The lowest BCUT2D eigenvalue weighted by Crippen LogP contribution is -2.17. The molecule has 0 atom stereocenters. The van der Waals surface area contributed by atoms with Crippen LogP contribution in [0, 0.1) is 13.8 Å². The zero-order chi connectivity index (χ0) is 17.7. The number of amides is 1. The number of rotatable bonds is 6. The molecule has 9 heteroatoms. The van der Waals surface area contributed by atoms with Crippen LogP contribution in [0.5, 0.6) is 5.75 Å². The Morgan fingerprint density at radius 3 is 2.50 bits per heavy atom. The van der Waals surface area contributed by atoms with Crippen molar-refractivity contribution in [3.8, 4) is 5.75 Å². The van der Waals surface area contributed by atoms with Crippen LogP contribution in [0.1, 0.15) is 17.0 Å². The Morgan fingerprint density at radius 1 is 1.29 bits per heavy atom. The van der Waals surface area contributed by atoms with Crippen molar-refractivity contribution in [2.75, 3.05) is 11.1 Å². The summed E-state index contributed by atoms with van der Waals surface area (Å²) < 4.78 is 45.0. The number of thioether (sulfide) groups is 1. The monoisotopic (exact) mass is 360 g/mol. The maximum absolute atomic E-state index is 12.1. The minimum absolute atomic E-state index is 0.199. The van der Waals surface area contributed by atoms with Crippen molar-refractivity contribution in [2.45, 2.75) is 26.0 Å². The van der Waals surface area contributed by atoms with Gasteiger partial charge in [0, 0.05) is 17.0 Å². The first-order valence-electron chi connectivity index (χ1n) is 6.90. The molecule has 130 valence electrons. The van der Waals surface area contributed by atoms with E-state index in [4.69, 9.17) is 4.52 Å². The predicted octanol–water partition coefficient (Wildman–Crippen LogP) is 4.06. The molecular formula is C15H15F3N2O3S. The molecule has 0 saturated carbocycles. The van der Waals surface area contributed by atoms with Gasteiger partial charge >= 0.3 is 6.36 Å². The van der Waals surface area contributed by atoms with Gasteiger partial charge in [-0.1, -0.05) is 5.16 Å². The predicted molar refractivity (Wildman–Crippen MR) is 83.9 cm³/mol. The largest absolute Gasteiger partial charge is 0.573 e. The Labute approximate surface area is 140 Å². The summed E-state index contributed by atoms with van der Waals surface area (Å²) in [6.45, 7) is 3.64. The zero-order valence-corrected chi connectivity index (χ0v) is 13.8. The van der Waals surface area contributed by atoms with E-state index in [1.807, 2.05) is 6.92 Å². The van der Waals surface area contributed by atoms with E-state index in [0.29, 0.717) is 11.4 Å². The molecule has 0 aliphatic rings.